The number of pyridine rings is 3. The standard InChI is InChI=1S/C41H33N4O.C17H22NSi.Ir/c1-25(2)33-23-29(27-11-6-5-7-12-27)24-34(26(3)4)38(33)45-37-16-9-8-15-36(37)43-40(45)32-14-10-13-30-31-17-18-35(28-19-21-42-22-20-28)44-41(31)46-39(30)32;1-13(2)15-11-16(14-9-7-6-8-10-14)18-12-17(15)19(3,4)5;/h5-13,15-26H,1-4H3;6-9,11-13H,1-5H3;/q2*-1;/i;13D;. The van der Waals surface area contributed by atoms with Gasteiger partial charge < -0.3 is 14.0 Å². The molecule has 10 aromatic rings. The normalized spacial score (nSPS) is 12.1. The second-order valence-electron chi connectivity index (χ2n) is 18.6. The zero-order valence-corrected chi connectivity index (χ0v) is 42.5. The Hall–Kier alpha value is -6.31. The molecule has 0 saturated heterocycles. The Kier molecular flexibility index (Phi) is 13.1. The van der Waals surface area contributed by atoms with E-state index in [1.165, 1.54) is 33.1 Å². The molecule has 0 bridgehead atoms. The van der Waals surface area contributed by atoms with Crippen LogP contribution in [0.2, 0.25) is 19.6 Å². The van der Waals surface area contributed by atoms with E-state index in [1.54, 1.807) is 12.4 Å². The van der Waals surface area contributed by atoms with Crippen molar-refractivity contribution in [2.45, 2.75) is 78.9 Å². The minimum atomic E-state index is -1.50. The molecule has 0 spiro atoms. The zero-order chi connectivity index (χ0) is 46.3. The molecule has 66 heavy (non-hydrogen) atoms. The summed E-state index contributed by atoms with van der Waals surface area (Å²) in [5.74, 6) is 0.734. The van der Waals surface area contributed by atoms with E-state index in [0.29, 0.717) is 5.71 Å². The largest absolute Gasteiger partial charge is 0.486 e. The van der Waals surface area contributed by atoms with Gasteiger partial charge in [-0.1, -0.05) is 126 Å². The summed E-state index contributed by atoms with van der Waals surface area (Å²) in [5, 5.41) is 3.23. The number of benzene rings is 5. The summed E-state index contributed by atoms with van der Waals surface area (Å²) in [5.41, 5.74) is 15.1. The third kappa shape index (κ3) is 9.10. The van der Waals surface area contributed by atoms with Gasteiger partial charge in [-0.2, -0.15) is 0 Å². The van der Waals surface area contributed by atoms with Gasteiger partial charge in [-0.25, -0.2) is 4.98 Å². The second kappa shape index (κ2) is 19.3. The second-order valence-corrected chi connectivity index (χ2v) is 23.6. The third-order valence-electron chi connectivity index (χ3n) is 12.0. The van der Waals surface area contributed by atoms with Gasteiger partial charge in [-0.15, -0.1) is 54.1 Å². The Bertz CT molecular complexity index is 3310. The van der Waals surface area contributed by atoms with E-state index in [-0.39, 0.29) is 31.9 Å². The van der Waals surface area contributed by atoms with Gasteiger partial charge >= 0.3 is 0 Å². The molecule has 0 aliphatic carbocycles. The van der Waals surface area contributed by atoms with Crippen LogP contribution in [0.5, 0.6) is 0 Å². The van der Waals surface area contributed by atoms with Crippen LogP contribution in [0.25, 0.3) is 83.8 Å². The van der Waals surface area contributed by atoms with E-state index in [0.717, 1.165) is 66.9 Å². The van der Waals surface area contributed by atoms with E-state index >= 15 is 0 Å². The number of fused-ring (bicyclic) bond motifs is 4. The molecular formula is C58H55IrN5OSi-2. The fourth-order valence-corrected chi connectivity index (χ4v) is 10.3. The minimum Gasteiger partial charge on any atom is -0.486 e. The van der Waals surface area contributed by atoms with E-state index in [1.807, 2.05) is 74.6 Å². The summed E-state index contributed by atoms with van der Waals surface area (Å²) in [7, 11) is -1.50. The Morgan fingerprint density at radius 3 is 2.00 bits per heavy atom. The first kappa shape index (κ1) is 44.9. The molecule has 0 fully saturated rings. The van der Waals surface area contributed by atoms with Crippen molar-refractivity contribution in [3.8, 4) is 50.7 Å². The molecule has 333 valence electrons. The summed E-state index contributed by atoms with van der Waals surface area (Å²) in [6.07, 6.45) is 5.54. The monoisotopic (exact) mass is 1060 g/mol. The summed E-state index contributed by atoms with van der Waals surface area (Å²) in [6.45, 7) is 19.9. The summed E-state index contributed by atoms with van der Waals surface area (Å²) in [4.78, 5) is 19.0. The van der Waals surface area contributed by atoms with Crippen LogP contribution in [-0.4, -0.2) is 32.6 Å². The van der Waals surface area contributed by atoms with Crippen LogP contribution in [-0.2, 0) is 20.1 Å². The molecule has 0 N–H and O–H groups in total. The third-order valence-corrected chi connectivity index (χ3v) is 14.1. The maximum atomic E-state index is 8.44. The molecule has 10 rings (SSSR count). The van der Waals surface area contributed by atoms with E-state index in [2.05, 4.69) is 153 Å². The van der Waals surface area contributed by atoms with Crippen LogP contribution in [0.1, 0.15) is 77.3 Å². The predicted octanol–water partition coefficient (Wildman–Crippen LogP) is 15.0. The molecule has 0 atom stereocenters. The smallest absolute Gasteiger partial charge is 0.216 e. The zero-order valence-electron chi connectivity index (χ0n) is 40.1. The van der Waals surface area contributed by atoms with Crippen molar-refractivity contribution in [1.82, 2.24) is 24.5 Å². The van der Waals surface area contributed by atoms with Crippen LogP contribution >= 0.6 is 0 Å². The van der Waals surface area contributed by atoms with Crippen molar-refractivity contribution in [2.24, 2.45) is 0 Å². The van der Waals surface area contributed by atoms with E-state index in [9.17, 15) is 0 Å². The topological polar surface area (TPSA) is 69.6 Å². The summed E-state index contributed by atoms with van der Waals surface area (Å²) in [6, 6.07) is 52.5. The number of furan rings is 1. The SMILES string of the molecule is CC(C)c1cc(-c2ccccc2)cc(C(C)C)c1-n1c(-c2[c-]ccc3c2oc2nc(-c4ccncc4)ccc23)nc2ccccc21.[2H]C(C)(C)c1cc(-c2[c-]cccc2)ncc1[Si](C)(C)C.[Ir]. The van der Waals surface area contributed by atoms with E-state index < -0.39 is 14.0 Å². The Morgan fingerprint density at radius 1 is 0.636 bits per heavy atom. The molecule has 0 unspecified atom stereocenters. The van der Waals surface area contributed by atoms with Crippen LogP contribution in [0.3, 0.4) is 0 Å². The molecule has 0 amide bonds. The van der Waals surface area contributed by atoms with Crippen molar-refractivity contribution in [3.05, 3.63) is 181 Å². The van der Waals surface area contributed by atoms with Gasteiger partial charge in [0, 0.05) is 56.7 Å². The number of para-hydroxylation sites is 2. The minimum absolute atomic E-state index is 0. The van der Waals surface area contributed by atoms with Crippen molar-refractivity contribution in [3.63, 3.8) is 0 Å². The number of hydrogen-bond donors (Lipinski definition) is 0. The molecule has 8 heteroatoms. The first-order valence-electron chi connectivity index (χ1n) is 23.0. The van der Waals surface area contributed by atoms with Crippen LogP contribution < -0.4 is 5.19 Å². The first-order chi connectivity index (χ1) is 31.7. The number of aromatic nitrogens is 5. The molecule has 0 aliphatic rings. The molecule has 0 saturated carbocycles. The average Bonchev–Trinajstić information content (AvgIpc) is 3.90. The van der Waals surface area contributed by atoms with Gasteiger partial charge in [0.2, 0.25) is 5.71 Å². The summed E-state index contributed by atoms with van der Waals surface area (Å²) >= 11 is 0. The number of rotatable bonds is 9. The Balaban J connectivity index is 0.000000244. The van der Waals surface area contributed by atoms with Crippen molar-refractivity contribution >= 4 is 46.4 Å². The quantitative estimate of drug-likeness (QED) is 0.106. The molecule has 1 radical (unpaired) electrons. The number of imidazole rings is 1. The summed E-state index contributed by atoms with van der Waals surface area (Å²) < 4.78 is 17.4. The fourth-order valence-electron chi connectivity index (χ4n) is 8.67. The first-order valence-corrected chi connectivity index (χ1v) is 26.0. The van der Waals surface area contributed by atoms with Crippen molar-refractivity contribution in [2.75, 3.05) is 0 Å². The predicted molar refractivity (Wildman–Crippen MR) is 273 cm³/mol. The van der Waals surface area contributed by atoms with Crippen molar-refractivity contribution in [1.29, 1.82) is 0 Å². The molecule has 5 aromatic heterocycles. The molecule has 5 aromatic carbocycles. The Morgan fingerprint density at radius 2 is 1.33 bits per heavy atom. The molecular weight excluding hydrogens is 1000 g/mol. The van der Waals surface area contributed by atoms with Gasteiger partial charge in [0.15, 0.2) is 0 Å². The van der Waals surface area contributed by atoms with Crippen LogP contribution in [0.4, 0.5) is 0 Å². The van der Waals surface area contributed by atoms with Gasteiger partial charge in [0.1, 0.15) is 0 Å². The number of nitrogens with zero attached hydrogens (tertiary/aromatic N) is 5. The maximum Gasteiger partial charge on any atom is 0.216 e. The van der Waals surface area contributed by atoms with Crippen LogP contribution in [0.15, 0.2) is 156 Å². The Labute approximate surface area is 405 Å². The van der Waals surface area contributed by atoms with Gasteiger partial charge in [0.05, 0.1) is 36.2 Å². The molecule has 0 aliphatic heterocycles. The average molecular weight is 1060 g/mol. The number of hydrogen-bond acceptors (Lipinski definition) is 5. The van der Waals surface area contributed by atoms with Gasteiger partial charge in [-0.3, -0.25) is 9.97 Å². The fraction of sp³-hybridized carbons (Fsp3) is 0.207. The van der Waals surface area contributed by atoms with Gasteiger partial charge in [-0.05, 0) is 99.4 Å². The van der Waals surface area contributed by atoms with Crippen LogP contribution in [0, 0.1) is 12.1 Å². The van der Waals surface area contributed by atoms with Crippen molar-refractivity contribution < 1.29 is 25.9 Å². The molecule has 5 heterocycles. The van der Waals surface area contributed by atoms with E-state index in [4.69, 9.17) is 15.8 Å². The molecule has 6 nitrogen and oxygen atoms in total. The maximum absolute atomic E-state index is 8.44. The van der Waals surface area contributed by atoms with Gasteiger partial charge in [0.25, 0.3) is 0 Å².